The lowest BCUT2D eigenvalue weighted by molar-refractivity contribution is -0.142. The summed E-state index contributed by atoms with van der Waals surface area (Å²) in [4.78, 5) is 18.4. The summed E-state index contributed by atoms with van der Waals surface area (Å²) >= 11 is 0. The molecule has 118 valence electrons. The fourth-order valence-corrected chi connectivity index (χ4v) is 2.39. The number of benzene rings is 1. The van der Waals surface area contributed by atoms with Crippen molar-refractivity contribution in [1.82, 2.24) is 4.98 Å². The zero-order valence-electron chi connectivity index (χ0n) is 12.9. The van der Waals surface area contributed by atoms with Gasteiger partial charge in [-0.15, -0.1) is 0 Å². The molecule has 0 aliphatic heterocycles. The van der Waals surface area contributed by atoms with Crippen LogP contribution in [-0.4, -0.2) is 23.7 Å². The molecule has 5 nitrogen and oxygen atoms in total. The number of carbonyl (C=O) groups is 1. The molecule has 3 aromatic rings. The Labute approximate surface area is 134 Å². The minimum absolute atomic E-state index is 0.151. The maximum atomic E-state index is 10.7. The first kappa shape index (κ1) is 15.1. The number of rotatable bonds is 6. The molecule has 0 fully saturated rings. The number of nitrogens with one attached hydrogen (secondary N) is 1. The minimum Gasteiger partial charge on any atom is -0.458 e. The van der Waals surface area contributed by atoms with E-state index in [1.54, 1.807) is 12.3 Å². The van der Waals surface area contributed by atoms with E-state index in [1.807, 2.05) is 24.4 Å². The summed E-state index contributed by atoms with van der Waals surface area (Å²) in [6, 6.07) is 11.8. The first-order valence-corrected chi connectivity index (χ1v) is 7.49. The highest BCUT2D eigenvalue weighted by Crippen LogP contribution is 2.18. The second kappa shape index (κ2) is 6.96. The lowest BCUT2D eigenvalue weighted by Gasteiger charge is -1.97. The van der Waals surface area contributed by atoms with E-state index in [0.717, 1.165) is 11.9 Å². The molecule has 0 unspecified atom stereocenters. The molecule has 0 saturated carbocycles. The fraction of sp³-hybridized carbons (Fsp3) is 0.222. The number of esters is 1. The zero-order valence-corrected chi connectivity index (χ0v) is 12.9. The van der Waals surface area contributed by atoms with Crippen LogP contribution in [0.15, 0.2) is 52.0 Å². The molecule has 1 aromatic carbocycles. The summed E-state index contributed by atoms with van der Waals surface area (Å²) in [5.41, 5.74) is 2.40. The SMILES string of the molecule is CC(=O)OCc1ccc(C=NCCc2c[nH]c3ccccc23)o1. The molecule has 0 radical (unpaired) electrons. The van der Waals surface area contributed by atoms with Crippen LogP contribution in [0, 0.1) is 0 Å². The number of H-pyrrole nitrogens is 1. The molecule has 2 aromatic heterocycles. The van der Waals surface area contributed by atoms with Crippen molar-refractivity contribution in [2.75, 3.05) is 6.54 Å². The molecule has 23 heavy (non-hydrogen) atoms. The van der Waals surface area contributed by atoms with Crippen LogP contribution < -0.4 is 0 Å². The molecule has 0 saturated heterocycles. The normalized spacial score (nSPS) is 11.3. The Balaban J connectivity index is 1.54. The summed E-state index contributed by atoms with van der Waals surface area (Å²) in [7, 11) is 0. The van der Waals surface area contributed by atoms with Gasteiger partial charge in [-0.05, 0) is 30.2 Å². The van der Waals surface area contributed by atoms with Gasteiger partial charge in [0.05, 0.1) is 6.21 Å². The molecule has 2 heterocycles. The van der Waals surface area contributed by atoms with Crippen LogP contribution in [0.4, 0.5) is 0 Å². The van der Waals surface area contributed by atoms with E-state index in [2.05, 4.69) is 22.1 Å². The molecule has 1 N–H and O–H groups in total. The van der Waals surface area contributed by atoms with Gasteiger partial charge in [-0.25, -0.2) is 0 Å². The molecule has 0 atom stereocenters. The molecule has 0 aliphatic carbocycles. The standard InChI is InChI=1S/C18H18N2O3/c1-13(21)22-12-16-7-6-15(23-16)11-19-9-8-14-10-20-18-5-3-2-4-17(14)18/h2-7,10-11,20H,8-9,12H2,1H3. The van der Waals surface area contributed by atoms with E-state index in [9.17, 15) is 4.79 Å². The summed E-state index contributed by atoms with van der Waals surface area (Å²) in [5.74, 6) is 0.944. The van der Waals surface area contributed by atoms with Gasteiger partial charge in [-0.2, -0.15) is 0 Å². The van der Waals surface area contributed by atoms with Crippen LogP contribution in [0.2, 0.25) is 0 Å². The number of fused-ring (bicyclic) bond motifs is 1. The topological polar surface area (TPSA) is 67.6 Å². The number of hydrogen-bond acceptors (Lipinski definition) is 4. The van der Waals surface area contributed by atoms with Crippen molar-refractivity contribution < 1.29 is 13.9 Å². The van der Waals surface area contributed by atoms with Crippen LogP contribution in [0.5, 0.6) is 0 Å². The van der Waals surface area contributed by atoms with Gasteiger partial charge < -0.3 is 14.1 Å². The lowest BCUT2D eigenvalue weighted by Crippen LogP contribution is -1.97. The average Bonchev–Trinajstić information content (AvgIpc) is 3.17. The van der Waals surface area contributed by atoms with Crippen LogP contribution in [0.3, 0.4) is 0 Å². The molecule has 3 rings (SSSR count). The molecule has 0 bridgehead atoms. The summed E-state index contributed by atoms with van der Waals surface area (Å²) in [6.45, 7) is 2.20. The fourth-order valence-electron chi connectivity index (χ4n) is 2.39. The molecule has 5 heteroatoms. The number of aromatic amines is 1. The van der Waals surface area contributed by atoms with E-state index in [0.29, 0.717) is 18.1 Å². The summed E-state index contributed by atoms with van der Waals surface area (Å²) in [6.07, 6.45) is 4.60. The maximum Gasteiger partial charge on any atom is 0.303 e. The highest BCUT2D eigenvalue weighted by Gasteiger charge is 2.03. The van der Waals surface area contributed by atoms with E-state index < -0.39 is 0 Å². The number of nitrogens with zero attached hydrogens (tertiary/aromatic N) is 1. The lowest BCUT2D eigenvalue weighted by atomic mass is 10.1. The van der Waals surface area contributed by atoms with Crippen molar-refractivity contribution in [3.63, 3.8) is 0 Å². The van der Waals surface area contributed by atoms with Crippen molar-refractivity contribution in [2.45, 2.75) is 20.0 Å². The van der Waals surface area contributed by atoms with Crippen molar-refractivity contribution in [3.8, 4) is 0 Å². The monoisotopic (exact) mass is 310 g/mol. The van der Waals surface area contributed by atoms with Gasteiger partial charge in [-0.3, -0.25) is 9.79 Å². The predicted molar refractivity (Wildman–Crippen MR) is 88.6 cm³/mol. The van der Waals surface area contributed by atoms with Gasteiger partial charge in [0, 0.05) is 30.6 Å². The molecular weight excluding hydrogens is 292 g/mol. The molecule has 0 spiro atoms. The maximum absolute atomic E-state index is 10.7. The molecule has 0 aliphatic rings. The van der Waals surface area contributed by atoms with Crippen LogP contribution >= 0.6 is 0 Å². The quantitative estimate of drug-likeness (QED) is 0.560. The number of aliphatic imine (C=N–C) groups is 1. The van der Waals surface area contributed by atoms with Crippen molar-refractivity contribution in [3.05, 3.63) is 59.7 Å². The van der Waals surface area contributed by atoms with Crippen molar-refractivity contribution in [1.29, 1.82) is 0 Å². The van der Waals surface area contributed by atoms with Crippen molar-refractivity contribution in [2.24, 2.45) is 4.99 Å². The zero-order chi connectivity index (χ0) is 16.1. The van der Waals surface area contributed by atoms with Crippen LogP contribution in [0.25, 0.3) is 10.9 Å². The Bertz CT molecular complexity index is 830. The smallest absolute Gasteiger partial charge is 0.303 e. The number of hydrogen-bond donors (Lipinski definition) is 1. The Morgan fingerprint density at radius 2 is 2.17 bits per heavy atom. The third kappa shape index (κ3) is 3.88. The highest BCUT2D eigenvalue weighted by molar-refractivity contribution is 5.83. The highest BCUT2D eigenvalue weighted by atomic mass is 16.5. The summed E-state index contributed by atoms with van der Waals surface area (Å²) < 4.78 is 10.4. The Hall–Kier alpha value is -2.82. The third-order valence-corrected chi connectivity index (χ3v) is 3.50. The van der Waals surface area contributed by atoms with Gasteiger partial charge >= 0.3 is 5.97 Å². The number of furan rings is 1. The molecule has 0 amide bonds. The third-order valence-electron chi connectivity index (χ3n) is 3.50. The number of ether oxygens (including phenoxy) is 1. The van der Waals surface area contributed by atoms with Gasteiger partial charge in [0.1, 0.15) is 18.1 Å². The second-order valence-electron chi connectivity index (χ2n) is 5.23. The first-order chi connectivity index (χ1) is 11.2. The van der Waals surface area contributed by atoms with E-state index in [-0.39, 0.29) is 12.6 Å². The van der Waals surface area contributed by atoms with E-state index in [1.165, 1.54) is 17.9 Å². The first-order valence-electron chi connectivity index (χ1n) is 7.49. The van der Waals surface area contributed by atoms with Gasteiger partial charge in [0.2, 0.25) is 0 Å². The second-order valence-corrected chi connectivity index (χ2v) is 5.23. The minimum atomic E-state index is -0.324. The summed E-state index contributed by atoms with van der Waals surface area (Å²) in [5, 5.41) is 1.24. The Morgan fingerprint density at radius 3 is 3.04 bits per heavy atom. The van der Waals surface area contributed by atoms with Gasteiger partial charge in [0.25, 0.3) is 0 Å². The number of aromatic nitrogens is 1. The van der Waals surface area contributed by atoms with Crippen LogP contribution in [-0.2, 0) is 22.6 Å². The number of para-hydroxylation sites is 1. The van der Waals surface area contributed by atoms with Gasteiger partial charge in [-0.1, -0.05) is 18.2 Å². The Morgan fingerprint density at radius 1 is 1.30 bits per heavy atom. The van der Waals surface area contributed by atoms with E-state index in [4.69, 9.17) is 9.15 Å². The predicted octanol–water partition coefficient (Wildman–Crippen LogP) is 3.49. The molecular formula is C18H18N2O3. The largest absolute Gasteiger partial charge is 0.458 e. The number of carbonyl (C=O) groups excluding carboxylic acids is 1. The van der Waals surface area contributed by atoms with Crippen molar-refractivity contribution >= 4 is 23.1 Å². The van der Waals surface area contributed by atoms with Gasteiger partial charge in [0.15, 0.2) is 0 Å². The Kier molecular flexibility index (Phi) is 4.57. The van der Waals surface area contributed by atoms with E-state index >= 15 is 0 Å². The van der Waals surface area contributed by atoms with Crippen LogP contribution in [0.1, 0.15) is 24.0 Å². The average molecular weight is 310 g/mol.